The molecule has 1 aromatic carbocycles. The molecule has 3 N–H and O–H groups in total. The van der Waals surface area contributed by atoms with E-state index in [2.05, 4.69) is 10.3 Å². The molecule has 1 amide bonds. The van der Waals surface area contributed by atoms with Gasteiger partial charge in [-0.1, -0.05) is 30.3 Å². The summed E-state index contributed by atoms with van der Waals surface area (Å²) in [4.78, 5) is 15.6. The maximum Gasteiger partial charge on any atom is 0.253 e. The molecular weight excluding hydrogens is 257 g/mol. The monoisotopic (exact) mass is 273 g/mol. The number of benzene rings is 1. The van der Waals surface area contributed by atoms with Gasteiger partial charge in [0.25, 0.3) is 5.91 Å². The summed E-state index contributed by atoms with van der Waals surface area (Å²) in [6.07, 6.45) is 3.02. The lowest BCUT2D eigenvalue weighted by Gasteiger charge is -2.17. The van der Waals surface area contributed by atoms with E-state index in [-0.39, 0.29) is 17.5 Å². The summed E-state index contributed by atoms with van der Waals surface area (Å²) in [6.45, 7) is 0.309. The number of aromatic nitrogens is 1. The maximum absolute atomic E-state index is 13.0. The molecule has 1 unspecified atom stereocenters. The van der Waals surface area contributed by atoms with Gasteiger partial charge in [-0.3, -0.25) is 9.78 Å². The summed E-state index contributed by atoms with van der Waals surface area (Å²) in [5, 5.41) is 2.79. The van der Waals surface area contributed by atoms with Crippen molar-refractivity contribution in [3.8, 4) is 0 Å². The van der Waals surface area contributed by atoms with Crippen LogP contribution in [-0.4, -0.2) is 23.5 Å². The molecule has 2 aromatic rings. The van der Waals surface area contributed by atoms with Gasteiger partial charge >= 0.3 is 0 Å². The van der Waals surface area contributed by atoms with E-state index < -0.39 is 5.82 Å². The van der Waals surface area contributed by atoms with E-state index in [9.17, 15) is 9.18 Å². The van der Waals surface area contributed by atoms with Crippen molar-refractivity contribution < 1.29 is 9.18 Å². The number of nitrogens with two attached hydrogens (primary N) is 1. The van der Waals surface area contributed by atoms with E-state index in [0.29, 0.717) is 13.0 Å². The van der Waals surface area contributed by atoms with Crippen LogP contribution in [0.2, 0.25) is 0 Å². The van der Waals surface area contributed by atoms with Crippen molar-refractivity contribution in [2.24, 2.45) is 5.73 Å². The minimum atomic E-state index is -0.537. The highest BCUT2D eigenvalue weighted by atomic mass is 19.1. The van der Waals surface area contributed by atoms with Crippen LogP contribution < -0.4 is 11.1 Å². The Morgan fingerprint density at radius 1 is 1.30 bits per heavy atom. The van der Waals surface area contributed by atoms with Gasteiger partial charge in [-0.15, -0.1) is 0 Å². The minimum Gasteiger partial charge on any atom is -0.348 e. The largest absolute Gasteiger partial charge is 0.348 e. The fraction of sp³-hybridized carbons (Fsp3) is 0.200. The van der Waals surface area contributed by atoms with E-state index in [1.807, 2.05) is 30.3 Å². The third-order valence-corrected chi connectivity index (χ3v) is 2.91. The SMILES string of the molecule is NCC(Cc1ccccc1)NC(=O)c1cncc(F)c1. The molecule has 20 heavy (non-hydrogen) atoms. The molecule has 2 rings (SSSR count). The molecule has 4 nitrogen and oxygen atoms in total. The summed E-state index contributed by atoms with van der Waals surface area (Å²) in [7, 11) is 0. The third kappa shape index (κ3) is 3.86. The summed E-state index contributed by atoms with van der Waals surface area (Å²) in [5.74, 6) is -0.909. The third-order valence-electron chi connectivity index (χ3n) is 2.91. The lowest BCUT2D eigenvalue weighted by atomic mass is 10.1. The zero-order valence-electron chi connectivity index (χ0n) is 10.9. The van der Waals surface area contributed by atoms with E-state index >= 15 is 0 Å². The highest BCUT2D eigenvalue weighted by Crippen LogP contribution is 2.05. The van der Waals surface area contributed by atoms with Gasteiger partial charge < -0.3 is 11.1 Å². The molecule has 0 bridgehead atoms. The second-order valence-corrected chi connectivity index (χ2v) is 4.49. The Kier molecular flexibility index (Phi) is 4.79. The van der Waals surface area contributed by atoms with Gasteiger partial charge in [0.15, 0.2) is 0 Å². The molecule has 1 heterocycles. The van der Waals surface area contributed by atoms with Crippen molar-refractivity contribution in [2.45, 2.75) is 12.5 Å². The topological polar surface area (TPSA) is 68.0 Å². The van der Waals surface area contributed by atoms with Crippen LogP contribution in [0.25, 0.3) is 0 Å². The summed E-state index contributed by atoms with van der Waals surface area (Å²) in [6, 6.07) is 10.7. The van der Waals surface area contributed by atoms with Crippen LogP contribution >= 0.6 is 0 Å². The Labute approximate surface area is 116 Å². The second-order valence-electron chi connectivity index (χ2n) is 4.49. The van der Waals surface area contributed by atoms with Gasteiger partial charge in [0.2, 0.25) is 0 Å². The van der Waals surface area contributed by atoms with Crippen LogP contribution in [0.1, 0.15) is 15.9 Å². The molecule has 0 saturated carbocycles. The number of pyridine rings is 1. The number of rotatable bonds is 5. The number of carbonyl (C=O) groups is 1. The Hall–Kier alpha value is -2.27. The smallest absolute Gasteiger partial charge is 0.253 e. The highest BCUT2D eigenvalue weighted by molar-refractivity contribution is 5.94. The standard InChI is InChI=1S/C15H16FN3O/c16-13-7-12(9-18-10-13)15(20)19-14(8-17)6-11-4-2-1-3-5-11/h1-5,7,9-10,14H,6,8,17H2,(H,19,20). The van der Waals surface area contributed by atoms with Crippen LogP contribution in [0.15, 0.2) is 48.8 Å². The normalized spacial score (nSPS) is 11.9. The number of hydrogen-bond donors (Lipinski definition) is 2. The number of amides is 1. The van der Waals surface area contributed by atoms with Crippen LogP contribution in [0.3, 0.4) is 0 Å². The van der Waals surface area contributed by atoms with Gasteiger partial charge in [-0.05, 0) is 18.1 Å². The van der Waals surface area contributed by atoms with Crippen LogP contribution in [0.5, 0.6) is 0 Å². The van der Waals surface area contributed by atoms with Crippen LogP contribution in [0.4, 0.5) is 4.39 Å². The zero-order chi connectivity index (χ0) is 14.4. The first kappa shape index (κ1) is 14.1. The molecule has 104 valence electrons. The second kappa shape index (κ2) is 6.77. The molecule has 0 radical (unpaired) electrons. The quantitative estimate of drug-likeness (QED) is 0.868. The molecule has 0 fully saturated rings. The van der Waals surface area contributed by atoms with Crippen LogP contribution in [0, 0.1) is 5.82 Å². The fourth-order valence-electron chi connectivity index (χ4n) is 1.90. The minimum absolute atomic E-state index is 0.191. The average molecular weight is 273 g/mol. The van der Waals surface area contributed by atoms with Crippen molar-refractivity contribution >= 4 is 5.91 Å². The van der Waals surface area contributed by atoms with Gasteiger partial charge in [0.1, 0.15) is 5.82 Å². The first-order valence-corrected chi connectivity index (χ1v) is 6.34. The molecule has 0 aliphatic rings. The number of hydrogen-bond acceptors (Lipinski definition) is 3. The van der Waals surface area contributed by atoms with Gasteiger partial charge in [0, 0.05) is 18.8 Å². The van der Waals surface area contributed by atoms with Crippen molar-refractivity contribution in [1.82, 2.24) is 10.3 Å². The van der Waals surface area contributed by atoms with Crippen molar-refractivity contribution in [1.29, 1.82) is 0 Å². The van der Waals surface area contributed by atoms with Crippen molar-refractivity contribution in [3.63, 3.8) is 0 Å². The molecule has 0 aliphatic heterocycles. The Morgan fingerprint density at radius 3 is 2.70 bits per heavy atom. The first-order chi connectivity index (χ1) is 9.69. The van der Waals surface area contributed by atoms with E-state index in [0.717, 1.165) is 17.8 Å². The number of nitrogens with zero attached hydrogens (tertiary/aromatic N) is 1. The molecule has 0 saturated heterocycles. The van der Waals surface area contributed by atoms with E-state index in [4.69, 9.17) is 5.73 Å². The fourth-order valence-corrected chi connectivity index (χ4v) is 1.90. The molecule has 0 spiro atoms. The maximum atomic E-state index is 13.0. The molecule has 5 heteroatoms. The summed E-state index contributed by atoms with van der Waals surface area (Å²) >= 11 is 0. The highest BCUT2D eigenvalue weighted by Gasteiger charge is 2.13. The number of nitrogens with one attached hydrogen (secondary N) is 1. The zero-order valence-corrected chi connectivity index (χ0v) is 10.9. The number of carbonyl (C=O) groups excluding carboxylic acids is 1. The van der Waals surface area contributed by atoms with E-state index in [1.165, 1.54) is 6.20 Å². The van der Waals surface area contributed by atoms with Gasteiger partial charge in [-0.25, -0.2) is 4.39 Å². The van der Waals surface area contributed by atoms with Gasteiger partial charge in [-0.2, -0.15) is 0 Å². The lowest BCUT2D eigenvalue weighted by Crippen LogP contribution is -2.41. The lowest BCUT2D eigenvalue weighted by molar-refractivity contribution is 0.0937. The van der Waals surface area contributed by atoms with Gasteiger partial charge in [0.05, 0.1) is 11.8 Å². The summed E-state index contributed by atoms with van der Waals surface area (Å²) < 4.78 is 13.0. The Balaban J connectivity index is 2.01. The first-order valence-electron chi connectivity index (χ1n) is 6.34. The Bertz CT molecular complexity index is 574. The molecule has 0 aliphatic carbocycles. The summed E-state index contributed by atoms with van der Waals surface area (Å²) in [5.41, 5.74) is 6.95. The van der Waals surface area contributed by atoms with Crippen LogP contribution in [-0.2, 0) is 6.42 Å². The number of halogens is 1. The van der Waals surface area contributed by atoms with E-state index in [1.54, 1.807) is 0 Å². The molecular formula is C15H16FN3O. The average Bonchev–Trinajstić information content (AvgIpc) is 2.47. The van der Waals surface area contributed by atoms with Crippen molar-refractivity contribution in [3.05, 3.63) is 65.7 Å². The van der Waals surface area contributed by atoms with Crippen molar-refractivity contribution in [2.75, 3.05) is 6.54 Å². The molecule has 1 atom stereocenters. The predicted octanol–water partition coefficient (Wildman–Crippen LogP) is 1.52. The molecule has 1 aromatic heterocycles. The predicted molar refractivity (Wildman–Crippen MR) is 74.6 cm³/mol. The Morgan fingerprint density at radius 2 is 2.05 bits per heavy atom.